The lowest BCUT2D eigenvalue weighted by atomic mass is 9.79. The number of ether oxygens (including phenoxy) is 1. The number of aliphatic hydroxyl groups is 1. The Labute approximate surface area is 117 Å². The van der Waals surface area contributed by atoms with Crippen molar-refractivity contribution in [2.75, 3.05) is 7.11 Å². The van der Waals surface area contributed by atoms with Gasteiger partial charge in [-0.05, 0) is 30.5 Å². The normalized spacial score (nSPS) is 21.6. The third kappa shape index (κ3) is 2.10. The van der Waals surface area contributed by atoms with Gasteiger partial charge in [0, 0.05) is 18.4 Å². The predicted molar refractivity (Wildman–Crippen MR) is 72.2 cm³/mol. The van der Waals surface area contributed by atoms with Crippen molar-refractivity contribution in [3.63, 3.8) is 0 Å². The molecule has 1 N–H and O–H groups in total. The predicted octanol–water partition coefficient (Wildman–Crippen LogP) is 3.19. The summed E-state index contributed by atoms with van der Waals surface area (Å²) in [5, 5.41) is 10.9. The quantitative estimate of drug-likeness (QED) is 0.936. The molecule has 3 rings (SSSR count). The Bertz CT molecular complexity index is 620. The lowest BCUT2D eigenvalue weighted by molar-refractivity contribution is 0.0160. The van der Waals surface area contributed by atoms with Crippen LogP contribution in [0.25, 0.3) is 0 Å². The lowest BCUT2D eigenvalue weighted by Crippen LogP contribution is -2.32. The number of hydrogen-bond donors (Lipinski definition) is 1. The van der Waals surface area contributed by atoms with E-state index < -0.39 is 11.4 Å². The van der Waals surface area contributed by atoms with Crippen LogP contribution in [-0.2, 0) is 18.4 Å². The molecule has 0 radical (unpaired) electrons. The first-order chi connectivity index (χ1) is 9.64. The minimum Gasteiger partial charge on any atom is -0.494 e. The van der Waals surface area contributed by atoms with Crippen LogP contribution in [0.2, 0.25) is 0 Å². The molecule has 1 unspecified atom stereocenters. The van der Waals surface area contributed by atoms with Crippen LogP contribution in [0.5, 0.6) is 5.75 Å². The molecular weight excluding hydrogens is 259 g/mol. The Balaban J connectivity index is 1.96. The highest BCUT2D eigenvalue weighted by Crippen LogP contribution is 2.39. The summed E-state index contributed by atoms with van der Waals surface area (Å²) in [6, 6.07) is 6.78. The molecule has 2 aromatic rings. The topological polar surface area (TPSA) is 42.6 Å². The van der Waals surface area contributed by atoms with Crippen LogP contribution in [0.15, 0.2) is 34.9 Å². The minimum atomic E-state index is -1.06. The van der Waals surface area contributed by atoms with Crippen molar-refractivity contribution in [2.24, 2.45) is 0 Å². The lowest BCUT2D eigenvalue weighted by Gasteiger charge is -2.32. The molecule has 1 heterocycles. The highest BCUT2D eigenvalue weighted by atomic mass is 19.1. The van der Waals surface area contributed by atoms with E-state index in [1.54, 1.807) is 30.5 Å². The molecule has 0 spiro atoms. The average Bonchev–Trinajstić information content (AvgIpc) is 2.91. The van der Waals surface area contributed by atoms with Crippen molar-refractivity contribution in [1.29, 1.82) is 0 Å². The van der Waals surface area contributed by atoms with Crippen molar-refractivity contribution < 1.29 is 18.7 Å². The van der Waals surface area contributed by atoms with Gasteiger partial charge >= 0.3 is 0 Å². The summed E-state index contributed by atoms with van der Waals surface area (Å²) in [5.41, 5.74) is 0.181. The summed E-state index contributed by atoms with van der Waals surface area (Å²) in [5.74, 6) is 0.607. The Hall–Kier alpha value is -1.81. The molecule has 0 saturated carbocycles. The summed E-state index contributed by atoms with van der Waals surface area (Å²) >= 11 is 0. The van der Waals surface area contributed by atoms with Gasteiger partial charge in [-0.15, -0.1) is 0 Å². The van der Waals surface area contributed by atoms with Crippen LogP contribution in [0.3, 0.4) is 0 Å². The number of methoxy groups -OCH3 is 1. The Morgan fingerprint density at radius 2 is 2.25 bits per heavy atom. The van der Waals surface area contributed by atoms with Crippen molar-refractivity contribution in [3.8, 4) is 5.75 Å². The summed E-state index contributed by atoms with van der Waals surface area (Å²) in [6.45, 7) is 0. The van der Waals surface area contributed by atoms with E-state index in [2.05, 4.69) is 0 Å². The molecule has 0 bridgehead atoms. The maximum absolute atomic E-state index is 14.2. The van der Waals surface area contributed by atoms with E-state index in [0.29, 0.717) is 12.0 Å². The van der Waals surface area contributed by atoms with Crippen molar-refractivity contribution in [2.45, 2.75) is 31.3 Å². The number of benzene rings is 1. The molecule has 20 heavy (non-hydrogen) atoms. The first kappa shape index (κ1) is 13.2. The van der Waals surface area contributed by atoms with Gasteiger partial charge in [0.15, 0.2) is 11.6 Å². The fraction of sp³-hybridized carbons (Fsp3) is 0.375. The van der Waals surface area contributed by atoms with E-state index in [0.717, 1.165) is 24.2 Å². The van der Waals surface area contributed by atoms with Gasteiger partial charge in [-0.3, -0.25) is 0 Å². The van der Waals surface area contributed by atoms with Gasteiger partial charge in [0.05, 0.1) is 19.0 Å². The van der Waals surface area contributed by atoms with E-state index in [1.807, 2.05) is 0 Å². The molecule has 1 aliphatic rings. The van der Waals surface area contributed by atoms with E-state index in [1.165, 1.54) is 7.11 Å². The van der Waals surface area contributed by atoms with Gasteiger partial charge < -0.3 is 14.3 Å². The first-order valence-electron chi connectivity index (χ1n) is 6.75. The molecule has 1 atom stereocenters. The summed E-state index contributed by atoms with van der Waals surface area (Å²) in [7, 11) is 1.44. The number of fused-ring (bicyclic) bond motifs is 1. The second-order valence-electron chi connectivity index (χ2n) is 5.25. The Morgan fingerprint density at radius 3 is 3.05 bits per heavy atom. The Kier molecular flexibility index (Phi) is 3.26. The van der Waals surface area contributed by atoms with E-state index >= 15 is 0 Å². The standard InChI is InChI=1S/C16H17FO3/c1-19-14-5-2-4-11(15(14)17)10-16(18)8-3-6-13-12(16)7-9-20-13/h2,4-5,7,9,18H,3,6,8,10H2,1H3. The van der Waals surface area contributed by atoms with E-state index in [-0.39, 0.29) is 12.2 Å². The van der Waals surface area contributed by atoms with Crippen LogP contribution in [-0.4, -0.2) is 12.2 Å². The SMILES string of the molecule is COc1cccc(CC2(O)CCCc3occc32)c1F. The largest absolute Gasteiger partial charge is 0.494 e. The van der Waals surface area contributed by atoms with Gasteiger partial charge in [-0.25, -0.2) is 4.39 Å². The third-order valence-electron chi connectivity index (χ3n) is 3.99. The number of halogens is 1. The second kappa shape index (κ2) is 4.94. The van der Waals surface area contributed by atoms with Crippen molar-refractivity contribution in [1.82, 2.24) is 0 Å². The molecular formula is C16H17FO3. The van der Waals surface area contributed by atoms with Crippen molar-refractivity contribution in [3.05, 3.63) is 53.2 Å². The summed E-state index contributed by atoms with van der Waals surface area (Å²) < 4.78 is 24.6. The first-order valence-corrected chi connectivity index (χ1v) is 6.75. The van der Waals surface area contributed by atoms with E-state index in [9.17, 15) is 9.50 Å². The monoisotopic (exact) mass is 276 g/mol. The molecule has 3 nitrogen and oxygen atoms in total. The fourth-order valence-electron chi connectivity index (χ4n) is 2.97. The molecule has 106 valence electrons. The number of furan rings is 1. The Morgan fingerprint density at radius 1 is 1.40 bits per heavy atom. The van der Waals surface area contributed by atoms with Gasteiger partial charge in [-0.2, -0.15) is 0 Å². The van der Waals surface area contributed by atoms with E-state index in [4.69, 9.17) is 9.15 Å². The molecule has 0 amide bonds. The molecule has 1 aromatic carbocycles. The van der Waals surface area contributed by atoms with Crippen LogP contribution in [0.4, 0.5) is 4.39 Å². The number of hydrogen-bond acceptors (Lipinski definition) is 3. The summed E-state index contributed by atoms with van der Waals surface area (Å²) in [6.07, 6.45) is 4.08. The van der Waals surface area contributed by atoms with Gasteiger partial charge in [0.2, 0.25) is 0 Å². The highest BCUT2D eigenvalue weighted by Gasteiger charge is 2.37. The van der Waals surface area contributed by atoms with Crippen LogP contribution >= 0.6 is 0 Å². The molecule has 0 aliphatic heterocycles. The average molecular weight is 276 g/mol. The third-order valence-corrected chi connectivity index (χ3v) is 3.99. The maximum atomic E-state index is 14.2. The zero-order chi connectivity index (χ0) is 14.2. The highest BCUT2D eigenvalue weighted by molar-refractivity contribution is 5.35. The van der Waals surface area contributed by atoms with Crippen molar-refractivity contribution >= 4 is 0 Å². The van der Waals surface area contributed by atoms with Crippen LogP contribution in [0.1, 0.15) is 29.7 Å². The second-order valence-corrected chi connectivity index (χ2v) is 5.25. The molecule has 1 aromatic heterocycles. The molecule has 0 saturated heterocycles. The zero-order valence-electron chi connectivity index (χ0n) is 11.4. The van der Waals surface area contributed by atoms with Gasteiger partial charge in [-0.1, -0.05) is 12.1 Å². The van der Waals surface area contributed by atoms with Gasteiger partial charge in [0.1, 0.15) is 5.76 Å². The number of aryl methyl sites for hydroxylation is 1. The zero-order valence-corrected chi connectivity index (χ0v) is 11.4. The number of rotatable bonds is 3. The smallest absolute Gasteiger partial charge is 0.168 e. The summed E-state index contributed by atoms with van der Waals surface area (Å²) in [4.78, 5) is 0. The van der Waals surface area contributed by atoms with Crippen LogP contribution in [0, 0.1) is 5.82 Å². The molecule has 1 aliphatic carbocycles. The molecule has 4 heteroatoms. The minimum absolute atomic E-state index is 0.203. The van der Waals surface area contributed by atoms with Crippen LogP contribution < -0.4 is 4.74 Å². The maximum Gasteiger partial charge on any atom is 0.168 e. The fourth-order valence-corrected chi connectivity index (χ4v) is 2.97. The van der Waals surface area contributed by atoms with Gasteiger partial charge in [0.25, 0.3) is 0 Å². The molecule has 0 fully saturated rings.